The molecule has 0 aromatic heterocycles. The van der Waals surface area contributed by atoms with Crippen molar-refractivity contribution in [2.45, 2.75) is 18.6 Å². The van der Waals surface area contributed by atoms with Crippen molar-refractivity contribution < 1.29 is 14.3 Å². The highest BCUT2D eigenvalue weighted by molar-refractivity contribution is 6.42. The van der Waals surface area contributed by atoms with Crippen molar-refractivity contribution in [1.82, 2.24) is 0 Å². The average molecular weight is 403 g/mol. The van der Waals surface area contributed by atoms with Crippen LogP contribution in [-0.2, 0) is 4.74 Å². The summed E-state index contributed by atoms with van der Waals surface area (Å²) in [5.74, 6) is 0.522. The second-order valence-corrected chi connectivity index (χ2v) is 6.46. The fourth-order valence-electron chi connectivity index (χ4n) is 2.53. The van der Waals surface area contributed by atoms with Crippen LogP contribution in [0.15, 0.2) is 42.5 Å². The summed E-state index contributed by atoms with van der Waals surface area (Å²) in [5.41, 5.74) is 7.20. The molecule has 134 valence electrons. The molecule has 2 atom stereocenters. The lowest BCUT2D eigenvalue weighted by molar-refractivity contribution is 0.0961. The molecular formula is C18H18Cl3NO3. The number of benzene rings is 2. The van der Waals surface area contributed by atoms with Crippen LogP contribution in [0.4, 0.5) is 0 Å². The zero-order chi connectivity index (χ0) is 17.1. The minimum atomic E-state index is -0.797. The van der Waals surface area contributed by atoms with Gasteiger partial charge in [-0.25, -0.2) is 0 Å². The number of ether oxygens (including phenoxy) is 2. The zero-order valence-corrected chi connectivity index (χ0v) is 15.6. The summed E-state index contributed by atoms with van der Waals surface area (Å²) in [7, 11) is 0. The topological polar surface area (TPSA) is 61.6 Å². The molecular weight excluding hydrogens is 385 g/mol. The highest BCUT2D eigenvalue weighted by atomic mass is 35.5. The van der Waals surface area contributed by atoms with E-state index in [-0.39, 0.29) is 24.3 Å². The molecule has 1 fully saturated rings. The van der Waals surface area contributed by atoms with Gasteiger partial charge in [-0.15, -0.1) is 12.4 Å². The molecule has 7 heteroatoms. The van der Waals surface area contributed by atoms with Gasteiger partial charge in [0.25, 0.3) is 0 Å². The molecule has 1 heterocycles. The van der Waals surface area contributed by atoms with Gasteiger partial charge < -0.3 is 15.2 Å². The van der Waals surface area contributed by atoms with Crippen LogP contribution < -0.4 is 10.5 Å². The predicted octanol–water partition coefficient (Wildman–Crippen LogP) is 4.47. The quantitative estimate of drug-likeness (QED) is 0.750. The first-order chi connectivity index (χ1) is 11.5. The Morgan fingerprint density at radius 1 is 1.16 bits per heavy atom. The summed E-state index contributed by atoms with van der Waals surface area (Å²) in [4.78, 5) is 12.5. The van der Waals surface area contributed by atoms with Crippen molar-refractivity contribution in [3.05, 3.63) is 63.6 Å². The number of nitrogens with two attached hydrogens (primary N) is 1. The highest BCUT2D eigenvalue weighted by Gasteiger charge is 2.20. The summed E-state index contributed by atoms with van der Waals surface area (Å²) in [6.45, 7) is 1.32. The summed E-state index contributed by atoms with van der Waals surface area (Å²) in [6.07, 6.45) is 0.952. The molecule has 2 unspecified atom stereocenters. The Morgan fingerprint density at radius 3 is 2.48 bits per heavy atom. The second-order valence-electron chi connectivity index (χ2n) is 5.64. The van der Waals surface area contributed by atoms with Gasteiger partial charge in [0.05, 0.1) is 29.3 Å². The van der Waals surface area contributed by atoms with E-state index in [1.54, 1.807) is 42.5 Å². The van der Waals surface area contributed by atoms with Gasteiger partial charge in [-0.05, 0) is 42.0 Å². The number of hydrogen-bond acceptors (Lipinski definition) is 4. The Kier molecular flexibility index (Phi) is 7.11. The van der Waals surface area contributed by atoms with Gasteiger partial charge in [0.15, 0.2) is 5.78 Å². The van der Waals surface area contributed by atoms with Gasteiger partial charge in [0.1, 0.15) is 11.9 Å². The van der Waals surface area contributed by atoms with Crippen LogP contribution in [0, 0.1) is 0 Å². The van der Waals surface area contributed by atoms with Gasteiger partial charge in [-0.3, -0.25) is 4.79 Å². The largest absolute Gasteiger partial charge is 0.488 e. The summed E-state index contributed by atoms with van der Waals surface area (Å²) in [6, 6.07) is 11.1. The number of Topliss-reactive ketones (excluding diaryl/α,β-unsaturated/α-hetero) is 1. The Balaban J connectivity index is 0.00000225. The van der Waals surface area contributed by atoms with E-state index in [9.17, 15) is 4.79 Å². The molecule has 0 radical (unpaired) electrons. The third-order valence-corrected chi connectivity index (χ3v) is 4.65. The van der Waals surface area contributed by atoms with Gasteiger partial charge in [0, 0.05) is 12.0 Å². The Hall–Kier alpha value is -1.30. The third kappa shape index (κ3) is 4.87. The Labute approximate surface area is 162 Å². The van der Waals surface area contributed by atoms with E-state index in [1.165, 1.54) is 0 Å². The van der Waals surface area contributed by atoms with Crippen molar-refractivity contribution >= 4 is 41.4 Å². The van der Waals surface area contributed by atoms with E-state index >= 15 is 0 Å². The van der Waals surface area contributed by atoms with Gasteiger partial charge >= 0.3 is 0 Å². The highest BCUT2D eigenvalue weighted by Crippen LogP contribution is 2.27. The van der Waals surface area contributed by atoms with E-state index in [0.717, 1.165) is 13.0 Å². The van der Waals surface area contributed by atoms with Gasteiger partial charge in [0.2, 0.25) is 0 Å². The standard InChI is InChI=1S/C18H17Cl2NO3.ClH/c19-15-6-3-12(9-16(15)20)17(21)18(22)11-1-4-13(5-2-11)24-14-7-8-23-10-14;/h1-6,9,14,17H,7-8,10,21H2;1H. The lowest BCUT2D eigenvalue weighted by atomic mass is 9.98. The number of halogens is 3. The number of hydrogen-bond donors (Lipinski definition) is 1. The first-order valence-electron chi connectivity index (χ1n) is 7.64. The molecule has 2 aromatic rings. The minimum absolute atomic E-state index is 0. The fraction of sp³-hybridized carbons (Fsp3) is 0.278. The molecule has 1 saturated heterocycles. The normalized spacial score (nSPS) is 17.6. The van der Waals surface area contributed by atoms with Crippen molar-refractivity contribution in [3.63, 3.8) is 0 Å². The molecule has 3 rings (SSSR count). The van der Waals surface area contributed by atoms with Crippen molar-refractivity contribution in [2.75, 3.05) is 13.2 Å². The summed E-state index contributed by atoms with van der Waals surface area (Å²) >= 11 is 11.9. The maximum atomic E-state index is 12.5. The van der Waals surface area contributed by atoms with Crippen LogP contribution in [0.3, 0.4) is 0 Å². The number of ketones is 1. The first-order valence-corrected chi connectivity index (χ1v) is 8.39. The van der Waals surface area contributed by atoms with E-state index < -0.39 is 6.04 Å². The van der Waals surface area contributed by atoms with Gasteiger partial charge in [-0.2, -0.15) is 0 Å². The minimum Gasteiger partial charge on any atom is -0.488 e. The van der Waals surface area contributed by atoms with E-state index in [1.807, 2.05) is 0 Å². The Morgan fingerprint density at radius 2 is 1.88 bits per heavy atom. The monoisotopic (exact) mass is 401 g/mol. The lowest BCUT2D eigenvalue weighted by Crippen LogP contribution is -2.21. The molecule has 2 aromatic carbocycles. The van der Waals surface area contributed by atoms with Crippen LogP contribution in [-0.4, -0.2) is 25.1 Å². The molecule has 0 amide bonds. The van der Waals surface area contributed by atoms with Crippen molar-refractivity contribution in [3.8, 4) is 5.75 Å². The molecule has 4 nitrogen and oxygen atoms in total. The number of carbonyl (C=O) groups excluding carboxylic acids is 1. The molecule has 0 saturated carbocycles. The van der Waals surface area contributed by atoms with Crippen LogP contribution in [0.1, 0.15) is 28.4 Å². The Bertz CT molecular complexity index is 731. The van der Waals surface area contributed by atoms with Crippen LogP contribution in [0.5, 0.6) is 5.75 Å². The van der Waals surface area contributed by atoms with Crippen LogP contribution >= 0.6 is 35.6 Å². The first kappa shape index (κ1) is 20.0. The zero-order valence-electron chi connectivity index (χ0n) is 13.3. The summed E-state index contributed by atoms with van der Waals surface area (Å²) < 4.78 is 11.1. The molecule has 0 bridgehead atoms. The fourth-order valence-corrected chi connectivity index (χ4v) is 2.84. The van der Waals surface area contributed by atoms with Crippen molar-refractivity contribution in [1.29, 1.82) is 0 Å². The smallest absolute Gasteiger partial charge is 0.184 e. The van der Waals surface area contributed by atoms with E-state index in [4.69, 9.17) is 38.4 Å². The predicted molar refractivity (Wildman–Crippen MR) is 101 cm³/mol. The van der Waals surface area contributed by atoms with Gasteiger partial charge in [-0.1, -0.05) is 29.3 Å². The van der Waals surface area contributed by atoms with E-state index in [2.05, 4.69) is 0 Å². The maximum absolute atomic E-state index is 12.5. The lowest BCUT2D eigenvalue weighted by Gasteiger charge is -2.14. The molecule has 1 aliphatic rings. The molecule has 0 spiro atoms. The molecule has 25 heavy (non-hydrogen) atoms. The molecule has 0 aliphatic carbocycles. The SMILES string of the molecule is Cl.NC(C(=O)c1ccc(OC2CCOC2)cc1)c1ccc(Cl)c(Cl)c1. The van der Waals surface area contributed by atoms with E-state index in [0.29, 0.717) is 33.5 Å². The number of carbonyl (C=O) groups is 1. The molecule has 2 N–H and O–H groups in total. The summed E-state index contributed by atoms with van der Waals surface area (Å²) in [5, 5.41) is 0.803. The average Bonchev–Trinajstić information content (AvgIpc) is 3.10. The number of rotatable bonds is 5. The third-order valence-electron chi connectivity index (χ3n) is 3.91. The maximum Gasteiger partial charge on any atom is 0.184 e. The second kappa shape index (κ2) is 8.88. The van der Waals surface area contributed by atoms with Crippen LogP contribution in [0.25, 0.3) is 0 Å². The molecule has 1 aliphatic heterocycles. The van der Waals surface area contributed by atoms with Crippen LogP contribution in [0.2, 0.25) is 10.0 Å². The van der Waals surface area contributed by atoms with Crippen molar-refractivity contribution in [2.24, 2.45) is 5.73 Å².